The molecule has 3 aromatic rings. The molecule has 1 aliphatic heterocycles. The average Bonchev–Trinajstić information content (AvgIpc) is 2.77. The van der Waals surface area contributed by atoms with Crippen LogP contribution in [0.2, 0.25) is 0 Å². The van der Waals surface area contributed by atoms with E-state index in [1.165, 1.54) is 19.2 Å². The van der Waals surface area contributed by atoms with Crippen LogP contribution in [0.25, 0.3) is 11.1 Å². The van der Waals surface area contributed by atoms with Crippen molar-refractivity contribution in [3.63, 3.8) is 0 Å². The summed E-state index contributed by atoms with van der Waals surface area (Å²) in [6.45, 7) is 0.770. The lowest BCUT2D eigenvalue weighted by Crippen LogP contribution is -2.38. The maximum absolute atomic E-state index is 13.2. The number of methoxy groups -OCH3 is 1. The summed E-state index contributed by atoms with van der Waals surface area (Å²) in [6, 6.07) is 11.6. The van der Waals surface area contributed by atoms with Crippen LogP contribution in [0.15, 0.2) is 54.9 Å². The van der Waals surface area contributed by atoms with Crippen LogP contribution in [-0.2, 0) is 13.0 Å². The minimum absolute atomic E-state index is 0.00815. The number of nitrogens with zero attached hydrogens (tertiary/aromatic N) is 3. The summed E-state index contributed by atoms with van der Waals surface area (Å²) in [5.74, 6) is 1.50. The van der Waals surface area contributed by atoms with Gasteiger partial charge in [-0.2, -0.15) is 8.78 Å². The number of hydrogen-bond donors (Lipinski definition) is 0. The Labute approximate surface area is 196 Å². The van der Waals surface area contributed by atoms with Gasteiger partial charge in [-0.3, -0.25) is 0 Å². The first-order chi connectivity index (χ1) is 15.3. The Kier molecular flexibility index (Phi) is 6.40. The molecule has 0 bridgehead atoms. The topological polar surface area (TPSA) is 73.8 Å². The molecule has 2 aromatic carbocycles. The molecule has 0 aliphatic carbocycles. The number of fused-ring (bicyclic) bond motifs is 1. The van der Waals surface area contributed by atoms with Gasteiger partial charge in [-0.1, -0.05) is 6.07 Å². The maximum Gasteiger partial charge on any atom is 0.451 e. The molecule has 32 heavy (non-hydrogen) atoms. The first kappa shape index (κ1) is 22.2. The number of halogens is 3. The molecule has 1 amide bonds. The predicted molar refractivity (Wildman–Crippen MR) is 120 cm³/mol. The minimum atomic E-state index is -3.33. The molecule has 0 saturated heterocycles. The lowest BCUT2D eigenvalue weighted by molar-refractivity contribution is -0.0692. The van der Waals surface area contributed by atoms with Crippen molar-refractivity contribution in [2.24, 2.45) is 0 Å². The summed E-state index contributed by atoms with van der Waals surface area (Å²) in [7, 11) is 1.46. The van der Waals surface area contributed by atoms with Crippen LogP contribution in [0.5, 0.6) is 17.2 Å². The molecular weight excluding hydrogens is 535 g/mol. The van der Waals surface area contributed by atoms with Crippen LogP contribution in [0.3, 0.4) is 0 Å². The van der Waals surface area contributed by atoms with E-state index >= 15 is 0 Å². The molecule has 10 heteroatoms. The highest BCUT2D eigenvalue weighted by Crippen LogP contribution is 2.38. The van der Waals surface area contributed by atoms with E-state index < -0.39 is 10.2 Å². The molecular formula is C22H18F2IN3O4. The number of alkyl halides is 3. The molecule has 0 atom stereocenters. The molecule has 2 heterocycles. The monoisotopic (exact) mass is 553 g/mol. The number of benzene rings is 2. The van der Waals surface area contributed by atoms with Crippen molar-refractivity contribution in [2.45, 2.75) is 17.1 Å². The highest BCUT2D eigenvalue weighted by atomic mass is 127. The van der Waals surface area contributed by atoms with E-state index in [4.69, 9.17) is 9.47 Å². The number of amides is 1. The zero-order chi connectivity index (χ0) is 22.7. The first-order valence-corrected chi connectivity index (χ1v) is 10.7. The molecule has 0 radical (unpaired) electrons. The number of ether oxygens (including phenoxy) is 3. The van der Waals surface area contributed by atoms with Gasteiger partial charge < -0.3 is 19.1 Å². The Morgan fingerprint density at radius 3 is 2.69 bits per heavy atom. The predicted octanol–water partition coefficient (Wildman–Crippen LogP) is 5.07. The molecule has 0 saturated carbocycles. The molecule has 4 rings (SSSR count). The van der Waals surface area contributed by atoms with Crippen LogP contribution >= 0.6 is 22.6 Å². The van der Waals surface area contributed by atoms with Gasteiger partial charge in [0.25, 0.3) is 0 Å². The molecule has 0 spiro atoms. The van der Waals surface area contributed by atoms with E-state index in [-0.39, 0.29) is 5.75 Å². The average molecular weight is 553 g/mol. The quantitative estimate of drug-likeness (QED) is 0.301. The summed E-state index contributed by atoms with van der Waals surface area (Å²) in [6.07, 6.45) is 3.38. The van der Waals surface area contributed by atoms with Crippen molar-refractivity contribution in [1.82, 2.24) is 14.9 Å². The molecule has 0 fully saturated rings. The lowest BCUT2D eigenvalue weighted by Gasteiger charge is -2.28. The van der Waals surface area contributed by atoms with E-state index in [2.05, 4.69) is 14.7 Å². The van der Waals surface area contributed by atoms with Crippen molar-refractivity contribution in [1.29, 1.82) is 0 Å². The van der Waals surface area contributed by atoms with E-state index in [1.807, 2.05) is 6.07 Å². The second-order valence-corrected chi connectivity index (χ2v) is 8.19. The Morgan fingerprint density at radius 2 is 1.97 bits per heavy atom. The van der Waals surface area contributed by atoms with Gasteiger partial charge in [0, 0.05) is 42.6 Å². The van der Waals surface area contributed by atoms with E-state index in [0.29, 0.717) is 42.4 Å². The minimum Gasteiger partial charge on any atom is -0.496 e. The Balaban J connectivity index is 1.55. The molecule has 7 nitrogen and oxygen atoms in total. The molecule has 166 valence electrons. The van der Waals surface area contributed by atoms with Gasteiger partial charge >= 0.3 is 10.2 Å². The zero-order valence-corrected chi connectivity index (χ0v) is 19.1. The second kappa shape index (κ2) is 9.23. The van der Waals surface area contributed by atoms with Crippen molar-refractivity contribution < 1.29 is 27.8 Å². The van der Waals surface area contributed by atoms with Gasteiger partial charge in [-0.05, 0) is 35.9 Å². The Hall–Kier alpha value is -3.02. The number of hydrogen-bond acceptors (Lipinski definition) is 6. The second-order valence-electron chi connectivity index (χ2n) is 6.94. The highest BCUT2D eigenvalue weighted by Gasteiger charge is 2.28. The number of carbonyl (C=O) groups is 1. The summed E-state index contributed by atoms with van der Waals surface area (Å²) in [5, 5.41) is 0. The molecule has 1 aromatic heterocycles. The highest BCUT2D eigenvalue weighted by molar-refractivity contribution is 14.1. The number of carbonyl (C=O) groups excluding carboxylic acids is 1. The van der Waals surface area contributed by atoms with Gasteiger partial charge in [0.05, 0.1) is 36.2 Å². The molecule has 0 N–H and O–H groups in total. The fourth-order valence-electron chi connectivity index (χ4n) is 3.37. The zero-order valence-electron chi connectivity index (χ0n) is 16.9. The number of rotatable bonds is 7. The Morgan fingerprint density at radius 1 is 1.19 bits per heavy atom. The summed E-state index contributed by atoms with van der Waals surface area (Å²) < 4.78 is 38.5. The van der Waals surface area contributed by atoms with Crippen LogP contribution in [0.4, 0.5) is 13.6 Å². The van der Waals surface area contributed by atoms with Crippen molar-refractivity contribution >= 4 is 28.7 Å². The SMILES string of the molecule is COc1cc(OC(F)(F)I)ccc1-c1ccc2c(c1)CN(CCc1ncccn1)C(=O)O2. The van der Waals surface area contributed by atoms with Gasteiger partial charge in [0.15, 0.2) is 0 Å². The third-order valence-corrected chi connectivity index (χ3v) is 5.04. The van der Waals surface area contributed by atoms with Crippen molar-refractivity contribution in [3.8, 4) is 28.4 Å². The van der Waals surface area contributed by atoms with Crippen molar-refractivity contribution in [2.75, 3.05) is 13.7 Å². The van der Waals surface area contributed by atoms with E-state index in [1.54, 1.807) is 41.6 Å². The maximum atomic E-state index is 13.2. The van der Waals surface area contributed by atoms with Crippen LogP contribution in [0.1, 0.15) is 11.4 Å². The Bertz CT molecular complexity index is 1130. The van der Waals surface area contributed by atoms with Crippen molar-refractivity contribution in [3.05, 3.63) is 66.2 Å². The van der Waals surface area contributed by atoms with Gasteiger partial charge in [-0.25, -0.2) is 14.8 Å². The van der Waals surface area contributed by atoms with E-state index in [0.717, 1.165) is 33.7 Å². The van der Waals surface area contributed by atoms with Gasteiger partial charge in [-0.15, -0.1) is 0 Å². The smallest absolute Gasteiger partial charge is 0.451 e. The third-order valence-electron chi connectivity index (χ3n) is 4.82. The summed E-state index contributed by atoms with van der Waals surface area (Å²) in [4.78, 5) is 22.3. The number of aromatic nitrogens is 2. The fraction of sp³-hybridized carbons (Fsp3) is 0.227. The largest absolute Gasteiger partial charge is 0.496 e. The van der Waals surface area contributed by atoms with Gasteiger partial charge in [0.2, 0.25) is 0 Å². The molecule has 1 aliphatic rings. The van der Waals surface area contributed by atoms with Gasteiger partial charge in [0.1, 0.15) is 23.1 Å². The summed E-state index contributed by atoms with van der Waals surface area (Å²) >= 11 is 0.911. The fourth-order valence-corrected chi connectivity index (χ4v) is 3.62. The normalized spacial score (nSPS) is 13.4. The van der Waals surface area contributed by atoms with Crippen LogP contribution in [0, 0.1) is 0 Å². The summed E-state index contributed by atoms with van der Waals surface area (Å²) in [5.41, 5.74) is 2.30. The lowest BCUT2D eigenvalue weighted by atomic mass is 10.0. The van der Waals surface area contributed by atoms with E-state index in [9.17, 15) is 13.6 Å². The standard InChI is InChI=1S/C22H18F2IN3O4/c1-30-19-12-16(32-22(23,24)25)4-5-17(19)14-3-6-18-15(11-14)13-28(21(29)31-18)10-7-20-26-8-2-9-27-20/h2-6,8-9,11-12H,7,10,13H2,1H3. The first-order valence-electron chi connectivity index (χ1n) is 9.62. The third kappa shape index (κ3) is 5.23. The van der Waals surface area contributed by atoms with Crippen LogP contribution < -0.4 is 14.2 Å². The molecule has 0 unspecified atom stereocenters. The van der Waals surface area contributed by atoms with Crippen LogP contribution in [-0.4, -0.2) is 38.7 Å².